The number of methoxy groups -OCH3 is 1. The van der Waals surface area contributed by atoms with Crippen molar-refractivity contribution >= 4 is 11.8 Å². The number of carbonyl (C=O) groups is 2. The van der Waals surface area contributed by atoms with Crippen LogP contribution in [-0.2, 0) is 4.79 Å². The van der Waals surface area contributed by atoms with Crippen LogP contribution in [0, 0.1) is 11.8 Å². The van der Waals surface area contributed by atoms with E-state index in [-0.39, 0.29) is 17.7 Å². The molecule has 0 aromatic heterocycles. The number of hydrogen-bond donors (Lipinski definition) is 2. The van der Waals surface area contributed by atoms with Gasteiger partial charge in [0.25, 0.3) is 5.91 Å². The third-order valence-corrected chi connectivity index (χ3v) is 4.89. The molecule has 0 aliphatic carbocycles. The Morgan fingerprint density at radius 3 is 2.79 bits per heavy atom. The van der Waals surface area contributed by atoms with Crippen molar-refractivity contribution in [2.45, 2.75) is 33.1 Å². The van der Waals surface area contributed by atoms with E-state index >= 15 is 0 Å². The number of rotatable bonds is 9. The summed E-state index contributed by atoms with van der Waals surface area (Å²) in [7, 11) is 1.57. The number of likely N-dealkylation sites (tertiary alicyclic amines) is 1. The Hall–Kier alpha value is -2.28. The molecule has 156 valence electrons. The maximum absolute atomic E-state index is 12.9. The standard InChI is InChI=1S/C21H33N3O4/c1-15(2)8-12-28-18-7-6-16(13-19(18)27-3)21(26)24-11-4-5-17(14-24)20(25)23-10-9-22/h6-7,13,15,17H,4-5,8-12,14,22H2,1-3H3,(H,23,25). The predicted molar refractivity (Wildman–Crippen MR) is 109 cm³/mol. The lowest BCUT2D eigenvalue weighted by Crippen LogP contribution is -2.46. The van der Waals surface area contributed by atoms with Gasteiger partial charge in [0.1, 0.15) is 0 Å². The molecule has 2 rings (SSSR count). The van der Waals surface area contributed by atoms with Crippen LogP contribution in [0.2, 0.25) is 0 Å². The van der Waals surface area contributed by atoms with E-state index in [0.29, 0.717) is 55.8 Å². The van der Waals surface area contributed by atoms with E-state index in [4.69, 9.17) is 15.2 Å². The van der Waals surface area contributed by atoms with E-state index in [2.05, 4.69) is 19.2 Å². The fraction of sp³-hybridized carbons (Fsp3) is 0.619. The lowest BCUT2D eigenvalue weighted by molar-refractivity contribution is -0.126. The first kappa shape index (κ1) is 22.0. The smallest absolute Gasteiger partial charge is 0.254 e. The summed E-state index contributed by atoms with van der Waals surface area (Å²) in [5, 5.41) is 2.82. The summed E-state index contributed by atoms with van der Waals surface area (Å²) in [5.74, 6) is 1.42. The van der Waals surface area contributed by atoms with Gasteiger partial charge in [-0.25, -0.2) is 0 Å². The number of ether oxygens (including phenoxy) is 2. The van der Waals surface area contributed by atoms with Crippen LogP contribution >= 0.6 is 0 Å². The molecule has 7 nitrogen and oxygen atoms in total. The van der Waals surface area contributed by atoms with Gasteiger partial charge in [-0.05, 0) is 43.4 Å². The zero-order valence-corrected chi connectivity index (χ0v) is 17.2. The Morgan fingerprint density at radius 1 is 1.32 bits per heavy atom. The second kappa shape index (κ2) is 10.9. The van der Waals surface area contributed by atoms with E-state index in [0.717, 1.165) is 19.3 Å². The SMILES string of the molecule is COc1cc(C(=O)N2CCCC(C(=O)NCCN)C2)ccc1OCCC(C)C. The van der Waals surface area contributed by atoms with E-state index in [9.17, 15) is 9.59 Å². The quantitative estimate of drug-likeness (QED) is 0.672. The Morgan fingerprint density at radius 2 is 2.11 bits per heavy atom. The van der Waals surface area contributed by atoms with Crippen LogP contribution in [0.25, 0.3) is 0 Å². The van der Waals surface area contributed by atoms with E-state index in [1.807, 2.05) is 0 Å². The summed E-state index contributed by atoms with van der Waals surface area (Å²) in [6.07, 6.45) is 2.54. The molecule has 1 saturated heterocycles. The molecular weight excluding hydrogens is 358 g/mol. The number of carbonyl (C=O) groups excluding carboxylic acids is 2. The molecule has 1 heterocycles. The zero-order chi connectivity index (χ0) is 20.5. The van der Waals surface area contributed by atoms with Crippen molar-refractivity contribution in [3.8, 4) is 11.5 Å². The van der Waals surface area contributed by atoms with Crippen LogP contribution in [0.1, 0.15) is 43.5 Å². The van der Waals surface area contributed by atoms with E-state index in [1.54, 1.807) is 30.2 Å². The lowest BCUT2D eigenvalue weighted by Gasteiger charge is -2.32. The normalized spacial score (nSPS) is 16.8. The average molecular weight is 392 g/mol. The second-order valence-corrected chi connectivity index (χ2v) is 7.57. The molecule has 1 aromatic carbocycles. The average Bonchev–Trinajstić information content (AvgIpc) is 2.71. The number of piperidine rings is 1. The van der Waals surface area contributed by atoms with E-state index < -0.39 is 0 Å². The fourth-order valence-electron chi connectivity index (χ4n) is 3.22. The van der Waals surface area contributed by atoms with Gasteiger partial charge in [0.15, 0.2) is 11.5 Å². The Balaban J connectivity index is 2.03. The monoisotopic (exact) mass is 391 g/mol. The topological polar surface area (TPSA) is 93.9 Å². The van der Waals surface area contributed by atoms with Crippen molar-refractivity contribution in [2.75, 3.05) is 39.9 Å². The van der Waals surface area contributed by atoms with Crippen molar-refractivity contribution in [3.63, 3.8) is 0 Å². The summed E-state index contributed by atoms with van der Waals surface area (Å²) < 4.78 is 11.2. The van der Waals surface area contributed by atoms with Crippen molar-refractivity contribution in [3.05, 3.63) is 23.8 Å². The van der Waals surface area contributed by atoms with Crippen LogP contribution in [0.5, 0.6) is 11.5 Å². The molecule has 1 unspecified atom stereocenters. The highest BCUT2D eigenvalue weighted by Crippen LogP contribution is 2.29. The van der Waals surface area contributed by atoms with Crippen molar-refractivity contribution in [1.82, 2.24) is 10.2 Å². The third-order valence-electron chi connectivity index (χ3n) is 4.89. The van der Waals surface area contributed by atoms with Gasteiger partial charge in [0.2, 0.25) is 5.91 Å². The van der Waals surface area contributed by atoms with Gasteiger partial charge in [-0.1, -0.05) is 13.8 Å². The molecule has 3 N–H and O–H groups in total. The molecule has 1 atom stereocenters. The van der Waals surface area contributed by atoms with Crippen LogP contribution < -0.4 is 20.5 Å². The van der Waals surface area contributed by atoms with Crippen molar-refractivity contribution in [2.24, 2.45) is 17.6 Å². The van der Waals surface area contributed by atoms with Gasteiger partial charge in [0, 0.05) is 31.7 Å². The summed E-state index contributed by atoms with van der Waals surface area (Å²) in [6.45, 7) is 6.83. The van der Waals surface area contributed by atoms with Gasteiger partial charge in [-0.3, -0.25) is 9.59 Å². The van der Waals surface area contributed by atoms with Crippen LogP contribution in [0.15, 0.2) is 18.2 Å². The predicted octanol–water partition coefficient (Wildman–Crippen LogP) is 2.05. The molecule has 0 radical (unpaired) electrons. The number of amides is 2. The van der Waals surface area contributed by atoms with Crippen LogP contribution in [0.4, 0.5) is 0 Å². The van der Waals surface area contributed by atoms with Gasteiger partial charge >= 0.3 is 0 Å². The van der Waals surface area contributed by atoms with Crippen LogP contribution in [0.3, 0.4) is 0 Å². The first-order valence-corrected chi connectivity index (χ1v) is 10.0. The molecule has 1 aliphatic rings. The summed E-state index contributed by atoms with van der Waals surface area (Å²) in [5.41, 5.74) is 5.98. The number of benzene rings is 1. The Bertz CT molecular complexity index is 663. The van der Waals surface area contributed by atoms with Crippen LogP contribution in [-0.4, -0.2) is 56.6 Å². The number of nitrogens with zero attached hydrogens (tertiary/aromatic N) is 1. The summed E-state index contributed by atoms with van der Waals surface area (Å²) in [6, 6.07) is 5.25. The molecule has 1 aromatic rings. The van der Waals surface area contributed by atoms with Crippen molar-refractivity contribution in [1.29, 1.82) is 0 Å². The molecule has 2 amide bonds. The Kier molecular flexibility index (Phi) is 8.57. The molecule has 0 bridgehead atoms. The highest BCUT2D eigenvalue weighted by molar-refractivity contribution is 5.95. The minimum Gasteiger partial charge on any atom is -0.493 e. The third kappa shape index (κ3) is 6.12. The first-order chi connectivity index (χ1) is 13.5. The molecule has 1 fully saturated rings. The molecule has 0 spiro atoms. The maximum Gasteiger partial charge on any atom is 0.254 e. The molecule has 7 heteroatoms. The van der Waals surface area contributed by atoms with Crippen molar-refractivity contribution < 1.29 is 19.1 Å². The van der Waals surface area contributed by atoms with Gasteiger partial charge in [-0.15, -0.1) is 0 Å². The highest BCUT2D eigenvalue weighted by Gasteiger charge is 2.29. The van der Waals surface area contributed by atoms with Gasteiger partial charge < -0.3 is 25.4 Å². The highest BCUT2D eigenvalue weighted by atomic mass is 16.5. The number of nitrogens with one attached hydrogen (secondary N) is 1. The fourth-order valence-corrected chi connectivity index (χ4v) is 3.22. The van der Waals surface area contributed by atoms with E-state index in [1.165, 1.54) is 0 Å². The minimum absolute atomic E-state index is 0.0329. The summed E-state index contributed by atoms with van der Waals surface area (Å²) >= 11 is 0. The number of hydrogen-bond acceptors (Lipinski definition) is 5. The first-order valence-electron chi connectivity index (χ1n) is 10.0. The van der Waals surface area contributed by atoms with Gasteiger partial charge in [-0.2, -0.15) is 0 Å². The molecular formula is C21H33N3O4. The minimum atomic E-state index is -0.190. The molecule has 1 aliphatic heterocycles. The Labute approximate surface area is 167 Å². The maximum atomic E-state index is 12.9. The molecule has 0 saturated carbocycles. The van der Waals surface area contributed by atoms with Gasteiger partial charge in [0.05, 0.1) is 19.6 Å². The lowest BCUT2D eigenvalue weighted by atomic mass is 9.96. The largest absolute Gasteiger partial charge is 0.493 e. The number of nitrogens with two attached hydrogens (primary N) is 1. The zero-order valence-electron chi connectivity index (χ0n) is 17.2. The second-order valence-electron chi connectivity index (χ2n) is 7.57. The molecule has 28 heavy (non-hydrogen) atoms. The summed E-state index contributed by atoms with van der Waals surface area (Å²) in [4.78, 5) is 26.9.